The van der Waals surface area contributed by atoms with Crippen LogP contribution in [-0.4, -0.2) is 17.4 Å². The Morgan fingerprint density at radius 3 is 2.61 bits per heavy atom. The topological polar surface area (TPSA) is 44.9 Å². The molecule has 0 aliphatic heterocycles. The third kappa shape index (κ3) is 4.22. The van der Waals surface area contributed by atoms with Crippen LogP contribution in [-0.2, 0) is 17.6 Å². The smallest absolute Gasteiger partial charge is 0.220 e. The van der Waals surface area contributed by atoms with Crippen molar-refractivity contribution in [3.05, 3.63) is 71.4 Å². The van der Waals surface area contributed by atoms with Crippen LogP contribution in [0.3, 0.4) is 0 Å². The largest absolute Gasteiger partial charge is 0.361 e. The van der Waals surface area contributed by atoms with Gasteiger partial charge in [-0.15, -0.1) is 0 Å². The zero-order valence-electron chi connectivity index (χ0n) is 13.4. The molecule has 0 bridgehead atoms. The summed E-state index contributed by atoms with van der Waals surface area (Å²) in [7, 11) is 0. The SMILES string of the molecule is Cc1ccc(CCC(=O)NCCc2ccc3cc[nH]c3c2)cc1. The van der Waals surface area contributed by atoms with Crippen LogP contribution in [0.15, 0.2) is 54.7 Å². The summed E-state index contributed by atoms with van der Waals surface area (Å²) < 4.78 is 0. The van der Waals surface area contributed by atoms with Crippen LogP contribution in [0, 0.1) is 6.92 Å². The second-order valence-corrected chi connectivity index (χ2v) is 5.98. The molecule has 0 radical (unpaired) electrons. The summed E-state index contributed by atoms with van der Waals surface area (Å²) in [5, 5.41) is 4.22. The molecule has 1 aromatic heterocycles. The Hall–Kier alpha value is -2.55. The van der Waals surface area contributed by atoms with Gasteiger partial charge in [0.05, 0.1) is 0 Å². The van der Waals surface area contributed by atoms with Crippen molar-refractivity contribution in [2.75, 3.05) is 6.54 Å². The number of carbonyl (C=O) groups is 1. The first-order valence-electron chi connectivity index (χ1n) is 8.09. The lowest BCUT2D eigenvalue weighted by Crippen LogP contribution is -2.25. The lowest BCUT2D eigenvalue weighted by atomic mass is 10.1. The third-order valence-corrected chi connectivity index (χ3v) is 4.12. The number of amides is 1. The van der Waals surface area contributed by atoms with Crippen molar-refractivity contribution in [2.24, 2.45) is 0 Å². The maximum atomic E-state index is 11.9. The minimum absolute atomic E-state index is 0.117. The number of aromatic nitrogens is 1. The summed E-state index contributed by atoms with van der Waals surface area (Å²) in [4.78, 5) is 15.1. The average molecular weight is 306 g/mol. The molecule has 0 spiro atoms. The van der Waals surface area contributed by atoms with E-state index >= 15 is 0 Å². The number of H-pyrrole nitrogens is 1. The van der Waals surface area contributed by atoms with Gasteiger partial charge in [-0.2, -0.15) is 0 Å². The number of fused-ring (bicyclic) bond motifs is 1. The zero-order valence-corrected chi connectivity index (χ0v) is 13.4. The van der Waals surface area contributed by atoms with Crippen molar-refractivity contribution >= 4 is 16.8 Å². The normalized spacial score (nSPS) is 10.8. The lowest BCUT2D eigenvalue weighted by molar-refractivity contribution is -0.121. The van der Waals surface area contributed by atoms with Crippen molar-refractivity contribution < 1.29 is 4.79 Å². The van der Waals surface area contributed by atoms with E-state index in [1.807, 2.05) is 6.20 Å². The summed E-state index contributed by atoms with van der Waals surface area (Å²) in [5.74, 6) is 0.117. The number of nitrogens with one attached hydrogen (secondary N) is 2. The van der Waals surface area contributed by atoms with E-state index in [2.05, 4.69) is 65.8 Å². The quantitative estimate of drug-likeness (QED) is 0.715. The highest BCUT2D eigenvalue weighted by atomic mass is 16.1. The molecule has 1 heterocycles. The number of aryl methyl sites for hydroxylation is 2. The molecule has 3 heteroatoms. The predicted octanol–water partition coefficient (Wildman–Crippen LogP) is 3.77. The van der Waals surface area contributed by atoms with Crippen molar-refractivity contribution in [1.29, 1.82) is 0 Å². The zero-order chi connectivity index (χ0) is 16.1. The highest BCUT2D eigenvalue weighted by Gasteiger charge is 2.03. The molecular formula is C20H22N2O. The van der Waals surface area contributed by atoms with Crippen LogP contribution in [0.5, 0.6) is 0 Å². The molecule has 2 N–H and O–H groups in total. The number of carbonyl (C=O) groups excluding carboxylic acids is 1. The van der Waals surface area contributed by atoms with E-state index < -0.39 is 0 Å². The summed E-state index contributed by atoms with van der Waals surface area (Å²) in [6.07, 6.45) is 4.13. The molecule has 0 unspecified atom stereocenters. The minimum Gasteiger partial charge on any atom is -0.361 e. The maximum absolute atomic E-state index is 11.9. The van der Waals surface area contributed by atoms with Gasteiger partial charge in [0.25, 0.3) is 0 Å². The Kier molecular flexibility index (Phi) is 4.77. The van der Waals surface area contributed by atoms with E-state index in [0.717, 1.165) is 18.4 Å². The molecular weight excluding hydrogens is 284 g/mol. The first-order valence-corrected chi connectivity index (χ1v) is 8.09. The summed E-state index contributed by atoms with van der Waals surface area (Å²) in [6.45, 7) is 2.75. The van der Waals surface area contributed by atoms with Crippen molar-refractivity contribution in [3.8, 4) is 0 Å². The van der Waals surface area contributed by atoms with Gasteiger partial charge < -0.3 is 10.3 Å². The molecule has 3 nitrogen and oxygen atoms in total. The third-order valence-electron chi connectivity index (χ3n) is 4.12. The second-order valence-electron chi connectivity index (χ2n) is 5.98. The van der Waals surface area contributed by atoms with Crippen molar-refractivity contribution in [3.63, 3.8) is 0 Å². The number of benzene rings is 2. The van der Waals surface area contributed by atoms with Gasteiger partial charge in [0.2, 0.25) is 5.91 Å². The molecule has 23 heavy (non-hydrogen) atoms. The number of rotatable bonds is 6. The van der Waals surface area contributed by atoms with Crippen LogP contribution in [0.4, 0.5) is 0 Å². The van der Waals surface area contributed by atoms with E-state index in [9.17, 15) is 4.79 Å². The van der Waals surface area contributed by atoms with Gasteiger partial charge in [-0.25, -0.2) is 0 Å². The van der Waals surface area contributed by atoms with Crippen molar-refractivity contribution in [2.45, 2.75) is 26.2 Å². The van der Waals surface area contributed by atoms with E-state index in [1.54, 1.807) is 0 Å². The summed E-state index contributed by atoms with van der Waals surface area (Å²) >= 11 is 0. The van der Waals surface area contributed by atoms with Gasteiger partial charge >= 0.3 is 0 Å². The molecule has 3 aromatic rings. The molecule has 0 aliphatic rings. The van der Waals surface area contributed by atoms with E-state index in [-0.39, 0.29) is 5.91 Å². The Morgan fingerprint density at radius 2 is 1.78 bits per heavy atom. The molecule has 118 valence electrons. The fourth-order valence-corrected chi connectivity index (χ4v) is 2.70. The molecule has 0 aliphatic carbocycles. The highest BCUT2D eigenvalue weighted by molar-refractivity contribution is 5.80. The van der Waals surface area contributed by atoms with Crippen LogP contribution >= 0.6 is 0 Å². The van der Waals surface area contributed by atoms with Crippen molar-refractivity contribution in [1.82, 2.24) is 10.3 Å². The van der Waals surface area contributed by atoms with Gasteiger partial charge in [0.1, 0.15) is 0 Å². The van der Waals surface area contributed by atoms with Gasteiger partial charge in [-0.3, -0.25) is 4.79 Å². The van der Waals surface area contributed by atoms with Crippen LogP contribution in [0.1, 0.15) is 23.1 Å². The predicted molar refractivity (Wildman–Crippen MR) is 94.5 cm³/mol. The first kappa shape index (κ1) is 15.3. The van der Waals surface area contributed by atoms with Crippen LogP contribution < -0.4 is 5.32 Å². The molecule has 2 aromatic carbocycles. The Labute approximate surface area is 136 Å². The molecule has 0 atom stereocenters. The van der Waals surface area contributed by atoms with Gasteiger partial charge in [-0.1, -0.05) is 42.0 Å². The second kappa shape index (κ2) is 7.14. The molecule has 1 amide bonds. The first-order chi connectivity index (χ1) is 11.2. The molecule has 3 rings (SSSR count). The summed E-state index contributed by atoms with van der Waals surface area (Å²) in [5.41, 5.74) is 4.84. The fraction of sp³-hybridized carbons (Fsp3) is 0.250. The average Bonchev–Trinajstić information content (AvgIpc) is 3.02. The Bertz CT molecular complexity index is 787. The lowest BCUT2D eigenvalue weighted by Gasteiger charge is -2.06. The van der Waals surface area contributed by atoms with Crippen LogP contribution in [0.2, 0.25) is 0 Å². The van der Waals surface area contributed by atoms with E-state index in [1.165, 1.54) is 22.1 Å². The molecule has 0 saturated carbocycles. The minimum atomic E-state index is 0.117. The van der Waals surface area contributed by atoms with Gasteiger partial charge in [0.15, 0.2) is 0 Å². The monoisotopic (exact) mass is 306 g/mol. The maximum Gasteiger partial charge on any atom is 0.220 e. The van der Waals surface area contributed by atoms with Crippen LogP contribution in [0.25, 0.3) is 10.9 Å². The standard InChI is InChI=1S/C20H22N2O/c1-15-2-4-16(5-3-15)7-9-20(23)22-12-10-17-6-8-18-11-13-21-19(18)14-17/h2-6,8,11,13-14,21H,7,9-10,12H2,1H3,(H,22,23). The molecule has 0 saturated heterocycles. The number of aromatic amines is 1. The fourth-order valence-electron chi connectivity index (χ4n) is 2.70. The summed E-state index contributed by atoms with van der Waals surface area (Å²) in [6, 6.07) is 16.8. The Morgan fingerprint density at radius 1 is 1.00 bits per heavy atom. The van der Waals surface area contributed by atoms with Gasteiger partial charge in [-0.05, 0) is 48.4 Å². The van der Waals surface area contributed by atoms with E-state index in [4.69, 9.17) is 0 Å². The Balaban J connectivity index is 1.42. The number of hydrogen-bond donors (Lipinski definition) is 2. The van der Waals surface area contributed by atoms with Gasteiger partial charge in [0, 0.05) is 24.7 Å². The molecule has 0 fully saturated rings. The number of hydrogen-bond acceptors (Lipinski definition) is 1. The van der Waals surface area contributed by atoms with E-state index in [0.29, 0.717) is 13.0 Å². The highest BCUT2D eigenvalue weighted by Crippen LogP contribution is 2.14.